The molecule has 1 aromatic rings. The number of rotatable bonds is 6. The van der Waals surface area contributed by atoms with E-state index in [-0.39, 0.29) is 29.8 Å². The van der Waals surface area contributed by atoms with Crippen molar-refractivity contribution in [3.05, 3.63) is 23.3 Å². The highest BCUT2D eigenvalue weighted by molar-refractivity contribution is 7.89. The molecule has 1 rings (SSSR count). The van der Waals surface area contributed by atoms with Gasteiger partial charge in [0.2, 0.25) is 21.8 Å². The lowest BCUT2D eigenvalue weighted by atomic mass is 10.1. The number of halogens is 1. The van der Waals surface area contributed by atoms with Crippen molar-refractivity contribution in [2.45, 2.75) is 38.6 Å². The molecule has 0 spiro atoms. The third kappa shape index (κ3) is 6.62. The van der Waals surface area contributed by atoms with Gasteiger partial charge in [-0.3, -0.25) is 9.59 Å². The summed E-state index contributed by atoms with van der Waals surface area (Å²) in [7, 11) is -3.88. The molecule has 0 aliphatic heterocycles. The Hall–Kier alpha value is -1.68. The molecule has 1 atom stereocenters. The molecule has 8 nitrogen and oxygen atoms in total. The smallest absolute Gasteiger partial charge is 0.243 e. The van der Waals surface area contributed by atoms with Crippen LogP contribution < -0.4 is 21.5 Å². The van der Waals surface area contributed by atoms with Gasteiger partial charge >= 0.3 is 0 Å². The molecule has 1 aromatic carbocycles. The van der Waals surface area contributed by atoms with Crippen LogP contribution in [0.1, 0.15) is 25.0 Å². The average Bonchev–Trinajstić information content (AvgIpc) is 2.47. The third-order valence-electron chi connectivity index (χ3n) is 3.69. The summed E-state index contributed by atoms with van der Waals surface area (Å²) in [5.74, 6) is -0.968. The fourth-order valence-corrected chi connectivity index (χ4v) is 2.53. The zero-order valence-corrected chi connectivity index (χ0v) is 16.3. The normalized spacial score (nSPS) is 12.3. The van der Waals surface area contributed by atoms with Crippen LogP contribution in [0.5, 0.6) is 0 Å². The first kappa shape index (κ1) is 23.3. The Morgan fingerprint density at radius 2 is 1.76 bits per heavy atom. The van der Waals surface area contributed by atoms with E-state index in [1.807, 2.05) is 0 Å². The van der Waals surface area contributed by atoms with Crippen LogP contribution in [0, 0.1) is 19.8 Å². The second kappa shape index (κ2) is 9.14. The molecule has 0 fully saturated rings. The highest BCUT2D eigenvalue weighted by Crippen LogP contribution is 2.23. The van der Waals surface area contributed by atoms with E-state index in [0.29, 0.717) is 16.8 Å². The largest absolute Gasteiger partial charge is 0.346 e. The maximum atomic E-state index is 12.0. The topological polar surface area (TPSA) is 144 Å². The van der Waals surface area contributed by atoms with Gasteiger partial charge in [-0.2, -0.15) is 0 Å². The van der Waals surface area contributed by atoms with Crippen LogP contribution in [0.4, 0.5) is 5.69 Å². The van der Waals surface area contributed by atoms with Crippen molar-refractivity contribution in [3.8, 4) is 0 Å². The summed E-state index contributed by atoms with van der Waals surface area (Å²) in [5.41, 5.74) is 7.39. The lowest BCUT2D eigenvalue weighted by molar-refractivity contribution is -0.125. The molecule has 0 saturated carbocycles. The van der Waals surface area contributed by atoms with Gasteiger partial charge in [-0.25, -0.2) is 13.6 Å². The zero-order valence-electron chi connectivity index (χ0n) is 14.6. The van der Waals surface area contributed by atoms with Gasteiger partial charge in [0.1, 0.15) is 0 Å². The van der Waals surface area contributed by atoms with E-state index in [2.05, 4.69) is 10.6 Å². The fourth-order valence-electron chi connectivity index (χ4n) is 1.90. The molecule has 10 heteroatoms. The van der Waals surface area contributed by atoms with Crippen molar-refractivity contribution in [2.24, 2.45) is 16.8 Å². The van der Waals surface area contributed by atoms with Crippen molar-refractivity contribution < 1.29 is 18.0 Å². The Morgan fingerprint density at radius 1 is 1.20 bits per heavy atom. The van der Waals surface area contributed by atoms with Crippen molar-refractivity contribution in [1.29, 1.82) is 0 Å². The zero-order chi connectivity index (χ0) is 18.7. The van der Waals surface area contributed by atoms with Crippen molar-refractivity contribution in [3.63, 3.8) is 0 Å². The Labute approximate surface area is 154 Å². The van der Waals surface area contributed by atoms with Crippen LogP contribution in [-0.4, -0.2) is 32.8 Å². The van der Waals surface area contributed by atoms with Crippen LogP contribution >= 0.6 is 12.4 Å². The summed E-state index contributed by atoms with van der Waals surface area (Å²) in [4.78, 5) is 23.6. The first-order chi connectivity index (χ1) is 10.9. The Kier molecular flexibility index (Phi) is 8.52. The van der Waals surface area contributed by atoms with Gasteiger partial charge < -0.3 is 16.4 Å². The predicted octanol–water partition coefficient (Wildman–Crippen LogP) is 0.411. The summed E-state index contributed by atoms with van der Waals surface area (Å²) < 4.78 is 23.0. The number of sulfonamides is 1. The minimum atomic E-state index is -3.88. The standard InChI is InChI=1S/C15H24N4O4S.ClH/c1-8(2)14(16)15(21)18-7-13(20)19-12-6-11(24(17,22)23)5-9(3)10(12)4;/h5-6,8,14H,7,16H2,1-4H3,(H,18,21)(H,19,20)(H2,17,22,23);1H/t14-;/m0./s1. The lowest BCUT2D eigenvalue weighted by Gasteiger charge is -2.16. The first-order valence-electron chi connectivity index (χ1n) is 7.40. The molecule has 0 heterocycles. The number of carbonyl (C=O) groups excluding carboxylic acids is 2. The van der Waals surface area contributed by atoms with Gasteiger partial charge in [-0.15, -0.1) is 12.4 Å². The fraction of sp³-hybridized carbons (Fsp3) is 0.467. The van der Waals surface area contributed by atoms with Crippen molar-refractivity contribution >= 4 is 39.9 Å². The third-order valence-corrected chi connectivity index (χ3v) is 4.58. The summed E-state index contributed by atoms with van der Waals surface area (Å²) in [6.07, 6.45) is 0. The molecule has 0 aliphatic carbocycles. The molecule has 2 amide bonds. The van der Waals surface area contributed by atoms with E-state index >= 15 is 0 Å². The van der Waals surface area contributed by atoms with Gasteiger partial charge in [0.15, 0.2) is 0 Å². The number of benzene rings is 1. The van der Waals surface area contributed by atoms with Crippen LogP contribution in [0.2, 0.25) is 0 Å². The molecule has 0 saturated heterocycles. The number of nitrogens with one attached hydrogen (secondary N) is 2. The minimum absolute atomic E-state index is 0. The number of carbonyl (C=O) groups is 2. The molecule has 0 aliphatic rings. The number of aryl methyl sites for hydroxylation is 1. The second-order valence-corrected chi connectivity index (χ2v) is 7.55. The Bertz CT molecular complexity index is 750. The maximum Gasteiger partial charge on any atom is 0.243 e. The van der Waals surface area contributed by atoms with Gasteiger partial charge in [0.05, 0.1) is 17.5 Å². The summed E-state index contributed by atoms with van der Waals surface area (Å²) in [6, 6.07) is 2.02. The van der Waals surface area contributed by atoms with Crippen molar-refractivity contribution in [2.75, 3.05) is 11.9 Å². The van der Waals surface area contributed by atoms with E-state index in [0.717, 1.165) is 0 Å². The molecule has 0 radical (unpaired) electrons. The highest BCUT2D eigenvalue weighted by atomic mass is 35.5. The van der Waals surface area contributed by atoms with E-state index in [9.17, 15) is 18.0 Å². The quantitative estimate of drug-likeness (QED) is 0.554. The number of amides is 2. The molecular formula is C15H25ClN4O4S. The number of nitrogens with two attached hydrogens (primary N) is 2. The van der Waals surface area contributed by atoms with Gasteiger partial charge in [0, 0.05) is 5.69 Å². The van der Waals surface area contributed by atoms with Gasteiger partial charge in [-0.1, -0.05) is 13.8 Å². The second-order valence-electron chi connectivity index (χ2n) is 5.99. The molecule has 142 valence electrons. The Balaban J connectivity index is 0.00000576. The average molecular weight is 393 g/mol. The monoisotopic (exact) mass is 392 g/mol. The summed E-state index contributed by atoms with van der Waals surface area (Å²) in [5, 5.41) is 10.1. The number of primary sulfonamides is 1. The molecule has 0 aromatic heterocycles. The van der Waals surface area contributed by atoms with Gasteiger partial charge in [0.25, 0.3) is 0 Å². The predicted molar refractivity (Wildman–Crippen MR) is 99.0 cm³/mol. The van der Waals surface area contributed by atoms with E-state index in [1.165, 1.54) is 12.1 Å². The summed E-state index contributed by atoms with van der Waals surface area (Å²) in [6.45, 7) is 6.79. The maximum absolute atomic E-state index is 12.0. The molecule has 25 heavy (non-hydrogen) atoms. The number of hydrogen-bond acceptors (Lipinski definition) is 5. The SMILES string of the molecule is Cc1cc(S(N)(=O)=O)cc(NC(=O)CNC(=O)[C@@H](N)C(C)C)c1C.Cl. The molecular weight excluding hydrogens is 368 g/mol. The minimum Gasteiger partial charge on any atom is -0.346 e. The summed E-state index contributed by atoms with van der Waals surface area (Å²) >= 11 is 0. The van der Waals surface area contributed by atoms with E-state index in [4.69, 9.17) is 10.9 Å². The van der Waals surface area contributed by atoms with Crippen LogP contribution in [-0.2, 0) is 19.6 Å². The molecule has 0 unspecified atom stereocenters. The molecule has 6 N–H and O–H groups in total. The first-order valence-corrected chi connectivity index (χ1v) is 8.95. The lowest BCUT2D eigenvalue weighted by Crippen LogP contribution is -2.46. The Morgan fingerprint density at radius 3 is 2.24 bits per heavy atom. The highest BCUT2D eigenvalue weighted by Gasteiger charge is 2.18. The van der Waals surface area contributed by atoms with Crippen LogP contribution in [0.15, 0.2) is 17.0 Å². The van der Waals surface area contributed by atoms with E-state index < -0.39 is 27.9 Å². The van der Waals surface area contributed by atoms with Crippen LogP contribution in [0.25, 0.3) is 0 Å². The number of anilines is 1. The van der Waals surface area contributed by atoms with Gasteiger partial charge in [-0.05, 0) is 43.0 Å². The number of hydrogen-bond donors (Lipinski definition) is 4. The van der Waals surface area contributed by atoms with Crippen LogP contribution in [0.3, 0.4) is 0 Å². The molecule has 0 bridgehead atoms. The van der Waals surface area contributed by atoms with Crippen molar-refractivity contribution in [1.82, 2.24) is 5.32 Å². The van der Waals surface area contributed by atoms with E-state index in [1.54, 1.807) is 27.7 Å².